The van der Waals surface area contributed by atoms with Gasteiger partial charge < -0.3 is 25.4 Å². The molecule has 1 amide bonds. The Hall–Kier alpha value is -4.25. The molecule has 2 heterocycles. The lowest BCUT2D eigenvalue weighted by Gasteiger charge is -2.34. The smallest absolute Gasteiger partial charge is 0.266 e. The number of carbonyl (C=O) groups excluding carboxylic acids is 1. The first-order chi connectivity index (χ1) is 21.6. The molecule has 10 nitrogen and oxygen atoms in total. The highest BCUT2D eigenvalue weighted by Crippen LogP contribution is 2.24. The number of para-hydroxylation sites is 3. The van der Waals surface area contributed by atoms with E-state index in [-0.39, 0.29) is 18.1 Å². The van der Waals surface area contributed by atoms with Crippen LogP contribution in [0.1, 0.15) is 31.2 Å². The van der Waals surface area contributed by atoms with Crippen molar-refractivity contribution in [1.82, 2.24) is 24.7 Å². The molecule has 0 spiro atoms. The topological polar surface area (TPSA) is 115 Å². The van der Waals surface area contributed by atoms with Crippen LogP contribution in [0.3, 0.4) is 0 Å². The molecule has 1 aliphatic heterocycles. The third-order valence-electron chi connectivity index (χ3n) is 7.76. The van der Waals surface area contributed by atoms with Crippen molar-refractivity contribution in [3.05, 3.63) is 94.5 Å². The summed E-state index contributed by atoms with van der Waals surface area (Å²) in [6.45, 7) is 7.79. The number of nitrogens with one attached hydrogen (secondary N) is 1. The van der Waals surface area contributed by atoms with E-state index in [0.29, 0.717) is 73.2 Å². The van der Waals surface area contributed by atoms with Gasteiger partial charge in [-0.25, -0.2) is 4.98 Å². The molecule has 1 fully saturated rings. The fourth-order valence-electron chi connectivity index (χ4n) is 5.37. The average Bonchev–Trinajstić information content (AvgIpc) is 3.05. The molecule has 0 atom stereocenters. The van der Waals surface area contributed by atoms with Gasteiger partial charge in [-0.3, -0.25) is 19.1 Å². The number of piperazine rings is 1. The number of hydrogen-bond donors (Lipinski definition) is 2. The molecule has 0 bridgehead atoms. The number of carbonyl (C=O) groups is 1. The van der Waals surface area contributed by atoms with Crippen molar-refractivity contribution in [2.24, 2.45) is 5.73 Å². The molecular weight excluding hydrogens is 556 g/mol. The zero-order valence-corrected chi connectivity index (χ0v) is 25.4. The highest BCUT2D eigenvalue weighted by molar-refractivity contribution is 5.78. The Labute approximate surface area is 258 Å². The molecule has 3 aromatic carbocycles. The van der Waals surface area contributed by atoms with Gasteiger partial charge in [0.2, 0.25) is 0 Å². The maximum atomic E-state index is 13.8. The van der Waals surface area contributed by atoms with Gasteiger partial charge in [0.1, 0.15) is 17.3 Å². The first-order valence-electron chi connectivity index (χ1n) is 15.4. The minimum Gasteiger partial charge on any atom is -0.492 e. The fraction of sp³-hybridized carbons (Fsp3) is 0.382. The predicted molar refractivity (Wildman–Crippen MR) is 172 cm³/mol. The number of rotatable bonds is 14. The normalized spacial score (nSPS) is 13.7. The number of benzene rings is 3. The highest BCUT2D eigenvalue weighted by Gasteiger charge is 2.24. The quantitative estimate of drug-likeness (QED) is 0.213. The van der Waals surface area contributed by atoms with Crippen LogP contribution < -0.4 is 26.1 Å². The van der Waals surface area contributed by atoms with Crippen LogP contribution >= 0.6 is 0 Å². The minimum atomic E-state index is -0.129. The molecule has 232 valence electrons. The lowest BCUT2D eigenvalue weighted by Crippen LogP contribution is -2.50. The van der Waals surface area contributed by atoms with Gasteiger partial charge in [-0.2, -0.15) is 0 Å². The first-order valence-corrected chi connectivity index (χ1v) is 15.4. The molecule has 4 aromatic rings. The molecule has 3 N–H and O–H groups in total. The summed E-state index contributed by atoms with van der Waals surface area (Å²) >= 11 is 0. The van der Waals surface area contributed by atoms with E-state index in [0.717, 1.165) is 32.5 Å². The van der Waals surface area contributed by atoms with E-state index in [2.05, 4.69) is 10.2 Å². The number of hydrogen-bond acceptors (Lipinski definition) is 8. The molecule has 44 heavy (non-hydrogen) atoms. The van der Waals surface area contributed by atoms with Gasteiger partial charge in [-0.1, -0.05) is 36.4 Å². The summed E-state index contributed by atoms with van der Waals surface area (Å²) in [5.74, 6) is 1.91. The summed E-state index contributed by atoms with van der Waals surface area (Å²) in [5, 5.41) is 3.97. The second-order valence-electron chi connectivity index (χ2n) is 10.8. The molecule has 1 aromatic heterocycles. The minimum absolute atomic E-state index is 0.00330. The fourth-order valence-corrected chi connectivity index (χ4v) is 5.37. The maximum Gasteiger partial charge on any atom is 0.266 e. The SMILES string of the molecule is CCOc1ccccc1-n1c(CN2CCN(C(=O)COc3ccc(CNCCCCN)cc3)CC2)nc2ccccc2c1=O. The van der Waals surface area contributed by atoms with E-state index in [9.17, 15) is 9.59 Å². The van der Waals surface area contributed by atoms with Crippen molar-refractivity contribution in [2.75, 3.05) is 52.5 Å². The van der Waals surface area contributed by atoms with Crippen LogP contribution in [0.2, 0.25) is 0 Å². The maximum absolute atomic E-state index is 13.8. The van der Waals surface area contributed by atoms with Crippen LogP contribution in [0.15, 0.2) is 77.6 Å². The van der Waals surface area contributed by atoms with Crippen molar-refractivity contribution in [3.8, 4) is 17.2 Å². The predicted octanol–water partition coefficient (Wildman–Crippen LogP) is 3.34. The largest absolute Gasteiger partial charge is 0.492 e. The van der Waals surface area contributed by atoms with Crippen molar-refractivity contribution >= 4 is 16.8 Å². The van der Waals surface area contributed by atoms with Gasteiger partial charge in [-0.05, 0) is 74.8 Å². The molecule has 0 aliphatic carbocycles. The number of amides is 1. The van der Waals surface area contributed by atoms with E-state index in [1.807, 2.05) is 78.6 Å². The zero-order chi connectivity index (χ0) is 30.7. The van der Waals surface area contributed by atoms with E-state index < -0.39 is 0 Å². The van der Waals surface area contributed by atoms with Gasteiger partial charge in [-0.15, -0.1) is 0 Å². The lowest BCUT2D eigenvalue weighted by molar-refractivity contribution is -0.135. The van der Waals surface area contributed by atoms with E-state index >= 15 is 0 Å². The van der Waals surface area contributed by atoms with E-state index in [4.69, 9.17) is 20.2 Å². The molecule has 0 saturated carbocycles. The number of ether oxygens (including phenoxy) is 2. The van der Waals surface area contributed by atoms with Crippen LogP contribution in [0.5, 0.6) is 11.5 Å². The van der Waals surface area contributed by atoms with Crippen molar-refractivity contribution < 1.29 is 14.3 Å². The summed E-state index contributed by atoms with van der Waals surface area (Å²) in [6.07, 6.45) is 2.09. The number of nitrogens with two attached hydrogens (primary N) is 1. The Morgan fingerprint density at radius 2 is 1.68 bits per heavy atom. The van der Waals surface area contributed by atoms with Gasteiger partial charge in [0.25, 0.3) is 11.5 Å². The molecule has 5 rings (SSSR count). The van der Waals surface area contributed by atoms with E-state index in [1.54, 1.807) is 10.6 Å². The Bertz CT molecular complexity index is 1580. The second kappa shape index (κ2) is 15.5. The van der Waals surface area contributed by atoms with Gasteiger partial charge in [0.15, 0.2) is 6.61 Å². The lowest BCUT2D eigenvalue weighted by atomic mass is 10.2. The third-order valence-corrected chi connectivity index (χ3v) is 7.76. The van der Waals surface area contributed by atoms with Crippen molar-refractivity contribution in [3.63, 3.8) is 0 Å². The van der Waals surface area contributed by atoms with E-state index in [1.165, 1.54) is 5.56 Å². The summed E-state index contributed by atoms with van der Waals surface area (Å²) in [5.41, 5.74) is 7.91. The van der Waals surface area contributed by atoms with Crippen molar-refractivity contribution in [1.29, 1.82) is 0 Å². The third kappa shape index (κ3) is 7.82. The van der Waals surface area contributed by atoms with Gasteiger partial charge in [0.05, 0.1) is 29.7 Å². The molecule has 0 unspecified atom stereocenters. The Balaban J connectivity index is 1.19. The number of unbranched alkanes of at least 4 members (excludes halogenated alkanes) is 1. The van der Waals surface area contributed by atoms with Crippen LogP contribution in [-0.4, -0.2) is 77.7 Å². The summed E-state index contributed by atoms with van der Waals surface area (Å²) < 4.78 is 13.3. The molecule has 0 radical (unpaired) electrons. The Morgan fingerprint density at radius 3 is 2.45 bits per heavy atom. The number of nitrogens with zero attached hydrogens (tertiary/aromatic N) is 4. The van der Waals surface area contributed by atoms with Crippen LogP contribution in [0, 0.1) is 0 Å². The highest BCUT2D eigenvalue weighted by atomic mass is 16.5. The average molecular weight is 599 g/mol. The number of fused-ring (bicyclic) bond motifs is 1. The van der Waals surface area contributed by atoms with Crippen LogP contribution in [-0.2, 0) is 17.9 Å². The molecule has 1 aliphatic rings. The van der Waals surface area contributed by atoms with Gasteiger partial charge >= 0.3 is 0 Å². The van der Waals surface area contributed by atoms with Crippen molar-refractivity contribution in [2.45, 2.75) is 32.9 Å². The van der Waals surface area contributed by atoms with Gasteiger partial charge in [0, 0.05) is 32.7 Å². The monoisotopic (exact) mass is 598 g/mol. The second-order valence-corrected chi connectivity index (χ2v) is 10.8. The summed E-state index contributed by atoms with van der Waals surface area (Å²) in [4.78, 5) is 35.7. The Morgan fingerprint density at radius 1 is 0.932 bits per heavy atom. The number of aromatic nitrogens is 2. The van der Waals surface area contributed by atoms with Crippen LogP contribution in [0.25, 0.3) is 16.6 Å². The molecule has 1 saturated heterocycles. The molecular formula is C34H42N6O4. The first kappa shape index (κ1) is 31.2. The standard InChI is InChI=1S/C34H42N6O4/c1-2-43-31-12-6-5-11-30(31)40-32(37-29-10-4-3-9-28(29)34(40)42)24-38-19-21-39(22-20-38)33(41)25-44-27-15-13-26(14-16-27)23-36-18-8-7-17-35/h3-6,9-16,36H,2,7-8,17-25,35H2,1H3. The molecule has 10 heteroatoms. The zero-order valence-electron chi connectivity index (χ0n) is 25.4. The summed E-state index contributed by atoms with van der Waals surface area (Å²) in [7, 11) is 0. The summed E-state index contributed by atoms with van der Waals surface area (Å²) in [6, 6.07) is 22.8. The van der Waals surface area contributed by atoms with Crippen LogP contribution in [0.4, 0.5) is 0 Å². The Kier molecular flexibility index (Phi) is 11.0.